The van der Waals surface area contributed by atoms with Gasteiger partial charge < -0.3 is 5.73 Å². The first-order valence-electron chi connectivity index (χ1n) is 4.95. The Morgan fingerprint density at radius 3 is 2.72 bits per heavy atom. The lowest BCUT2D eigenvalue weighted by Gasteiger charge is -2.09. The Balaban J connectivity index is 2.43. The van der Waals surface area contributed by atoms with Gasteiger partial charge in [0.1, 0.15) is 4.90 Å². The number of aryl methyl sites for hydroxylation is 1. The van der Waals surface area contributed by atoms with Gasteiger partial charge in [0.25, 0.3) is 10.0 Å². The van der Waals surface area contributed by atoms with Crippen LogP contribution >= 0.6 is 11.6 Å². The molecule has 0 unspecified atom stereocenters. The average Bonchev–Trinajstić information content (AvgIpc) is 2.62. The van der Waals surface area contributed by atoms with Crippen molar-refractivity contribution in [3.8, 4) is 0 Å². The summed E-state index contributed by atoms with van der Waals surface area (Å²) in [5, 5.41) is 3.94. The smallest absolute Gasteiger partial charge is 0.265 e. The molecule has 8 heteroatoms. The van der Waals surface area contributed by atoms with Crippen molar-refractivity contribution >= 4 is 33.0 Å². The largest absolute Gasteiger partial charge is 0.398 e. The lowest BCUT2D eigenvalue weighted by molar-refractivity contribution is 0.601. The van der Waals surface area contributed by atoms with E-state index in [0.29, 0.717) is 5.69 Å². The Bertz CT molecular complexity index is 661. The van der Waals surface area contributed by atoms with Crippen molar-refractivity contribution in [2.45, 2.75) is 4.90 Å². The number of nitrogens with one attached hydrogen (secondary N) is 1. The maximum absolute atomic E-state index is 12.1. The summed E-state index contributed by atoms with van der Waals surface area (Å²) in [6.07, 6.45) is 2.93. The van der Waals surface area contributed by atoms with Crippen LogP contribution in [0.2, 0.25) is 5.02 Å². The van der Waals surface area contributed by atoms with Crippen molar-refractivity contribution in [2.24, 2.45) is 7.05 Å². The number of halogens is 1. The van der Waals surface area contributed by atoms with Crippen molar-refractivity contribution in [2.75, 3.05) is 10.5 Å². The van der Waals surface area contributed by atoms with Crippen molar-refractivity contribution in [1.29, 1.82) is 0 Å². The molecule has 96 valence electrons. The summed E-state index contributed by atoms with van der Waals surface area (Å²) in [6, 6.07) is 4.53. The standard InChI is InChI=1S/C10H11ClN4O2S/c1-15-6-7(5-13-15)14-18(16,17)10-8(11)3-2-4-9(10)12/h2-6,14H,12H2,1H3. The Kier molecular flexibility index (Phi) is 3.18. The molecule has 0 radical (unpaired) electrons. The highest BCUT2D eigenvalue weighted by Crippen LogP contribution is 2.28. The van der Waals surface area contributed by atoms with Crippen LogP contribution in [0.1, 0.15) is 0 Å². The molecule has 0 saturated carbocycles. The minimum absolute atomic E-state index is 0.0754. The minimum Gasteiger partial charge on any atom is -0.398 e. The fourth-order valence-corrected chi connectivity index (χ4v) is 3.20. The van der Waals surface area contributed by atoms with Gasteiger partial charge >= 0.3 is 0 Å². The predicted octanol–water partition coefficient (Wildman–Crippen LogP) is 1.46. The molecular weight excluding hydrogens is 276 g/mol. The lowest BCUT2D eigenvalue weighted by Crippen LogP contribution is -2.15. The lowest BCUT2D eigenvalue weighted by atomic mass is 10.3. The monoisotopic (exact) mass is 286 g/mol. The summed E-state index contributed by atoms with van der Waals surface area (Å²) in [6.45, 7) is 0. The number of nitrogens with two attached hydrogens (primary N) is 1. The van der Waals surface area contributed by atoms with Gasteiger partial charge in [0.05, 0.1) is 22.6 Å². The molecule has 0 atom stereocenters. The zero-order chi connectivity index (χ0) is 13.3. The molecule has 0 fully saturated rings. The Morgan fingerprint density at radius 2 is 2.17 bits per heavy atom. The van der Waals surface area contributed by atoms with Gasteiger partial charge in [-0.2, -0.15) is 5.10 Å². The van der Waals surface area contributed by atoms with E-state index in [4.69, 9.17) is 17.3 Å². The molecule has 0 spiro atoms. The summed E-state index contributed by atoms with van der Waals surface area (Å²) in [7, 11) is -2.14. The summed E-state index contributed by atoms with van der Waals surface area (Å²) in [5.74, 6) is 0. The molecule has 6 nitrogen and oxygen atoms in total. The number of nitrogens with zero attached hydrogens (tertiary/aromatic N) is 2. The zero-order valence-electron chi connectivity index (χ0n) is 9.46. The Morgan fingerprint density at radius 1 is 1.44 bits per heavy atom. The van der Waals surface area contributed by atoms with Crippen LogP contribution in [0.4, 0.5) is 11.4 Å². The van der Waals surface area contributed by atoms with Crippen LogP contribution in [0.5, 0.6) is 0 Å². The molecule has 3 N–H and O–H groups in total. The summed E-state index contributed by atoms with van der Waals surface area (Å²) in [4.78, 5) is -0.129. The number of anilines is 2. The first-order chi connectivity index (χ1) is 8.40. The third-order valence-corrected chi connectivity index (χ3v) is 4.15. The normalized spacial score (nSPS) is 11.4. The highest BCUT2D eigenvalue weighted by molar-refractivity contribution is 7.93. The first kappa shape index (κ1) is 12.7. The van der Waals surface area contributed by atoms with E-state index in [1.54, 1.807) is 13.1 Å². The average molecular weight is 287 g/mol. The van der Waals surface area contributed by atoms with Crippen molar-refractivity contribution < 1.29 is 8.42 Å². The topological polar surface area (TPSA) is 90.0 Å². The van der Waals surface area contributed by atoms with E-state index in [0.717, 1.165) is 0 Å². The fourth-order valence-electron chi connectivity index (χ4n) is 1.49. The summed E-state index contributed by atoms with van der Waals surface area (Å²) >= 11 is 5.87. The first-order valence-corrected chi connectivity index (χ1v) is 6.82. The van der Waals surface area contributed by atoms with E-state index >= 15 is 0 Å². The van der Waals surface area contributed by atoms with E-state index in [1.807, 2.05) is 0 Å². The van der Waals surface area contributed by atoms with Crippen LogP contribution < -0.4 is 10.5 Å². The SMILES string of the molecule is Cn1cc(NS(=O)(=O)c2c(N)cccc2Cl)cn1. The van der Waals surface area contributed by atoms with E-state index in [-0.39, 0.29) is 15.6 Å². The highest BCUT2D eigenvalue weighted by atomic mass is 35.5. The zero-order valence-corrected chi connectivity index (χ0v) is 11.0. The third-order valence-electron chi connectivity index (χ3n) is 2.22. The number of aromatic nitrogens is 2. The van der Waals surface area contributed by atoms with Crippen LogP contribution in [0.15, 0.2) is 35.5 Å². The number of rotatable bonds is 3. The number of benzene rings is 1. The second-order valence-electron chi connectivity index (χ2n) is 3.67. The molecule has 1 heterocycles. The maximum Gasteiger partial charge on any atom is 0.265 e. The van der Waals surface area contributed by atoms with E-state index in [9.17, 15) is 8.42 Å². The van der Waals surface area contributed by atoms with Gasteiger partial charge in [0.15, 0.2) is 0 Å². The maximum atomic E-state index is 12.1. The molecule has 2 rings (SSSR count). The predicted molar refractivity (Wildman–Crippen MR) is 69.9 cm³/mol. The van der Waals surface area contributed by atoms with Crippen LogP contribution in [0.3, 0.4) is 0 Å². The Labute approximate surface area is 109 Å². The van der Waals surface area contributed by atoms with E-state index < -0.39 is 10.0 Å². The summed E-state index contributed by atoms with van der Waals surface area (Å²) in [5.41, 5.74) is 6.08. The van der Waals surface area contributed by atoms with E-state index in [2.05, 4.69) is 9.82 Å². The van der Waals surface area contributed by atoms with Crippen LogP contribution in [0, 0.1) is 0 Å². The van der Waals surface area contributed by atoms with Gasteiger partial charge in [0, 0.05) is 13.2 Å². The number of hydrogen-bond acceptors (Lipinski definition) is 4. The molecule has 0 saturated heterocycles. The molecule has 2 aromatic rings. The molecule has 18 heavy (non-hydrogen) atoms. The van der Waals surface area contributed by atoms with Gasteiger partial charge in [0.2, 0.25) is 0 Å². The summed E-state index contributed by atoms with van der Waals surface area (Å²) < 4.78 is 28.1. The number of hydrogen-bond donors (Lipinski definition) is 2. The number of sulfonamides is 1. The van der Waals surface area contributed by atoms with Gasteiger partial charge in [-0.3, -0.25) is 9.40 Å². The minimum atomic E-state index is -3.82. The van der Waals surface area contributed by atoms with Gasteiger partial charge in [-0.15, -0.1) is 0 Å². The molecule has 0 aliphatic carbocycles. The third kappa shape index (κ3) is 2.41. The van der Waals surface area contributed by atoms with E-state index in [1.165, 1.54) is 29.2 Å². The van der Waals surface area contributed by atoms with Crippen molar-refractivity contribution in [3.05, 3.63) is 35.6 Å². The Hall–Kier alpha value is -1.73. The molecule has 1 aromatic heterocycles. The second kappa shape index (κ2) is 4.51. The molecule has 0 aliphatic rings. The van der Waals surface area contributed by atoms with Gasteiger partial charge in [-0.25, -0.2) is 8.42 Å². The van der Waals surface area contributed by atoms with Crippen LogP contribution in [-0.2, 0) is 17.1 Å². The second-order valence-corrected chi connectivity index (χ2v) is 5.69. The quantitative estimate of drug-likeness (QED) is 0.836. The fraction of sp³-hybridized carbons (Fsp3) is 0.100. The molecule has 0 amide bonds. The van der Waals surface area contributed by atoms with Crippen LogP contribution in [-0.4, -0.2) is 18.2 Å². The number of nitrogen functional groups attached to an aromatic ring is 1. The molecule has 0 bridgehead atoms. The van der Waals surface area contributed by atoms with Crippen LogP contribution in [0.25, 0.3) is 0 Å². The van der Waals surface area contributed by atoms with Gasteiger partial charge in [-0.1, -0.05) is 17.7 Å². The van der Waals surface area contributed by atoms with Crippen molar-refractivity contribution in [1.82, 2.24) is 9.78 Å². The van der Waals surface area contributed by atoms with Gasteiger partial charge in [-0.05, 0) is 12.1 Å². The highest BCUT2D eigenvalue weighted by Gasteiger charge is 2.21. The molecular formula is C10H11ClN4O2S. The molecule has 1 aromatic carbocycles. The van der Waals surface area contributed by atoms with Crippen molar-refractivity contribution in [3.63, 3.8) is 0 Å². The molecule has 0 aliphatic heterocycles.